The first-order chi connectivity index (χ1) is 7.99. The summed E-state index contributed by atoms with van der Waals surface area (Å²) in [5, 5.41) is 0.0345. The zero-order valence-corrected chi connectivity index (χ0v) is 12.5. The summed E-state index contributed by atoms with van der Waals surface area (Å²) in [6.45, 7) is 4.39. The molecule has 0 aliphatic carbocycles. The Morgan fingerprint density at radius 2 is 2.12 bits per heavy atom. The second kappa shape index (κ2) is 6.73. The van der Waals surface area contributed by atoms with Crippen molar-refractivity contribution in [1.29, 1.82) is 0 Å². The van der Waals surface area contributed by atoms with Crippen molar-refractivity contribution in [3.63, 3.8) is 0 Å². The normalized spacial score (nSPS) is 13.8. The lowest BCUT2D eigenvalue weighted by molar-refractivity contribution is 0.578. The summed E-state index contributed by atoms with van der Waals surface area (Å²) >= 11 is 7.26. The van der Waals surface area contributed by atoms with Gasteiger partial charge in [-0.1, -0.05) is 13.8 Å². The number of aryl methyl sites for hydroxylation is 1. The number of thiophene rings is 1. The summed E-state index contributed by atoms with van der Waals surface area (Å²) in [7, 11) is -3.34. The molecule has 1 N–H and O–H groups in total. The highest BCUT2D eigenvalue weighted by Crippen LogP contribution is 2.21. The van der Waals surface area contributed by atoms with Crippen LogP contribution < -0.4 is 4.72 Å². The number of rotatable bonds is 7. The van der Waals surface area contributed by atoms with E-state index in [4.69, 9.17) is 11.6 Å². The van der Waals surface area contributed by atoms with Gasteiger partial charge in [-0.05, 0) is 31.4 Å². The van der Waals surface area contributed by atoms with Crippen LogP contribution >= 0.6 is 22.9 Å². The van der Waals surface area contributed by atoms with Crippen LogP contribution in [0.2, 0.25) is 0 Å². The lowest BCUT2D eigenvalue weighted by Crippen LogP contribution is -2.25. The van der Waals surface area contributed by atoms with Gasteiger partial charge in [0.05, 0.1) is 0 Å². The van der Waals surface area contributed by atoms with Crippen LogP contribution in [0.4, 0.5) is 0 Å². The van der Waals surface area contributed by atoms with Crippen molar-refractivity contribution in [2.45, 2.75) is 42.7 Å². The molecule has 0 bridgehead atoms. The molecule has 0 spiro atoms. The van der Waals surface area contributed by atoms with Gasteiger partial charge < -0.3 is 0 Å². The number of sulfonamides is 1. The maximum atomic E-state index is 11.9. The Labute approximate surface area is 112 Å². The van der Waals surface area contributed by atoms with Crippen LogP contribution in [0.25, 0.3) is 0 Å². The Morgan fingerprint density at radius 3 is 2.65 bits per heavy atom. The number of hydrogen-bond donors (Lipinski definition) is 1. The van der Waals surface area contributed by atoms with Gasteiger partial charge in [0.25, 0.3) is 0 Å². The molecule has 0 fully saturated rings. The van der Waals surface area contributed by atoms with Crippen molar-refractivity contribution in [3.05, 3.63) is 17.0 Å². The van der Waals surface area contributed by atoms with E-state index in [1.54, 1.807) is 6.07 Å². The molecule has 0 saturated heterocycles. The fraction of sp³-hybridized carbons (Fsp3) is 0.636. The average molecular weight is 296 g/mol. The Kier molecular flexibility index (Phi) is 5.92. The third kappa shape index (κ3) is 4.58. The fourth-order valence-electron chi connectivity index (χ4n) is 1.32. The molecule has 98 valence electrons. The maximum Gasteiger partial charge on any atom is 0.250 e. The van der Waals surface area contributed by atoms with Crippen LogP contribution in [0.5, 0.6) is 0 Å². The van der Waals surface area contributed by atoms with Gasteiger partial charge in [0.2, 0.25) is 10.0 Å². The summed E-state index contributed by atoms with van der Waals surface area (Å²) in [5.74, 6) is 0. The number of alkyl halides is 1. The highest BCUT2D eigenvalue weighted by Gasteiger charge is 2.16. The van der Waals surface area contributed by atoms with E-state index in [2.05, 4.69) is 4.72 Å². The van der Waals surface area contributed by atoms with Crippen LogP contribution in [0, 0.1) is 0 Å². The number of halogens is 1. The minimum absolute atomic E-state index is 0.0345. The maximum absolute atomic E-state index is 11.9. The Balaban J connectivity index is 2.56. The highest BCUT2D eigenvalue weighted by molar-refractivity contribution is 7.91. The molecule has 1 aromatic rings. The van der Waals surface area contributed by atoms with E-state index in [9.17, 15) is 8.42 Å². The summed E-state index contributed by atoms with van der Waals surface area (Å²) < 4.78 is 26.7. The van der Waals surface area contributed by atoms with Crippen molar-refractivity contribution in [1.82, 2.24) is 4.72 Å². The van der Waals surface area contributed by atoms with Gasteiger partial charge in [0, 0.05) is 16.8 Å². The molecular formula is C11H18ClNO2S2. The molecule has 0 saturated carbocycles. The summed E-state index contributed by atoms with van der Waals surface area (Å²) in [4.78, 5) is 1.08. The molecule has 1 unspecified atom stereocenters. The van der Waals surface area contributed by atoms with Gasteiger partial charge in [-0.25, -0.2) is 13.1 Å². The molecule has 0 aliphatic rings. The Morgan fingerprint density at radius 1 is 1.41 bits per heavy atom. The second-order valence-electron chi connectivity index (χ2n) is 3.77. The van der Waals surface area contributed by atoms with Gasteiger partial charge in [-0.2, -0.15) is 0 Å². The molecule has 0 aromatic carbocycles. The first kappa shape index (κ1) is 15.0. The molecule has 1 aromatic heterocycles. The van der Waals surface area contributed by atoms with Gasteiger partial charge >= 0.3 is 0 Å². The minimum Gasteiger partial charge on any atom is -0.210 e. The predicted molar refractivity (Wildman–Crippen MR) is 73.4 cm³/mol. The van der Waals surface area contributed by atoms with Gasteiger partial charge in [0.15, 0.2) is 0 Å². The monoisotopic (exact) mass is 295 g/mol. The molecule has 0 aliphatic heterocycles. The molecule has 0 amide bonds. The van der Waals surface area contributed by atoms with E-state index in [0.717, 1.165) is 17.7 Å². The molecule has 6 heteroatoms. The largest absolute Gasteiger partial charge is 0.250 e. The van der Waals surface area contributed by atoms with Gasteiger partial charge in [-0.3, -0.25) is 0 Å². The Bertz CT molecular complexity index is 442. The lowest BCUT2D eigenvalue weighted by atomic mass is 10.2. The second-order valence-corrected chi connectivity index (χ2v) is 7.55. The standard InChI is InChI=1S/C11H18ClNO2S2/c1-3-9(12)7-8-13-17(14,15)11-6-5-10(4-2)16-11/h5-6,9,13H,3-4,7-8H2,1-2H3. The van der Waals surface area contributed by atoms with Crippen molar-refractivity contribution < 1.29 is 8.42 Å². The van der Waals surface area contributed by atoms with Crippen molar-refractivity contribution in [3.8, 4) is 0 Å². The van der Waals surface area contributed by atoms with Gasteiger partial charge in [0.1, 0.15) is 4.21 Å². The quantitative estimate of drug-likeness (QED) is 0.786. The smallest absolute Gasteiger partial charge is 0.210 e. The topological polar surface area (TPSA) is 46.2 Å². The van der Waals surface area contributed by atoms with Crippen LogP contribution in [-0.2, 0) is 16.4 Å². The van der Waals surface area contributed by atoms with Crippen molar-refractivity contribution in [2.24, 2.45) is 0 Å². The molecule has 17 heavy (non-hydrogen) atoms. The molecule has 3 nitrogen and oxygen atoms in total. The van der Waals surface area contributed by atoms with Gasteiger partial charge in [-0.15, -0.1) is 22.9 Å². The average Bonchev–Trinajstić information content (AvgIpc) is 2.77. The predicted octanol–water partition coefficient (Wildman–Crippen LogP) is 3.00. The van der Waals surface area contributed by atoms with E-state index in [0.29, 0.717) is 17.2 Å². The van der Waals surface area contributed by atoms with Crippen LogP contribution in [0.15, 0.2) is 16.3 Å². The van der Waals surface area contributed by atoms with E-state index in [1.165, 1.54) is 11.3 Å². The van der Waals surface area contributed by atoms with E-state index in [1.807, 2.05) is 19.9 Å². The molecule has 1 atom stereocenters. The third-order valence-corrected chi connectivity index (χ3v) is 6.15. The highest BCUT2D eigenvalue weighted by atomic mass is 35.5. The summed E-state index contributed by atoms with van der Waals surface area (Å²) in [6, 6.07) is 3.51. The van der Waals surface area contributed by atoms with Crippen LogP contribution in [0.3, 0.4) is 0 Å². The number of nitrogens with one attached hydrogen (secondary N) is 1. The minimum atomic E-state index is -3.34. The summed E-state index contributed by atoms with van der Waals surface area (Å²) in [6.07, 6.45) is 2.37. The third-order valence-electron chi connectivity index (χ3n) is 2.44. The number of hydrogen-bond acceptors (Lipinski definition) is 3. The van der Waals surface area contributed by atoms with Crippen LogP contribution in [-0.4, -0.2) is 20.3 Å². The fourth-order valence-corrected chi connectivity index (χ4v) is 3.81. The molecule has 1 rings (SSSR count). The van der Waals surface area contributed by atoms with Crippen molar-refractivity contribution in [2.75, 3.05) is 6.54 Å². The molecule has 0 radical (unpaired) electrons. The SMILES string of the molecule is CCc1ccc(S(=O)(=O)NCCC(Cl)CC)s1. The van der Waals surface area contributed by atoms with E-state index in [-0.39, 0.29) is 5.38 Å². The first-order valence-corrected chi connectivity index (χ1v) is 8.45. The zero-order valence-electron chi connectivity index (χ0n) is 10.1. The van der Waals surface area contributed by atoms with E-state index < -0.39 is 10.0 Å². The molecule has 1 heterocycles. The first-order valence-electron chi connectivity index (χ1n) is 5.72. The van der Waals surface area contributed by atoms with Crippen molar-refractivity contribution >= 4 is 33.0 Å². The van der Waals surface area contributed by atoms with Crippen LogP contribution in [0.1, 0.15) is 31.6 Å². The molecular weight excluding hydrogens is 278 g/mol. The summed E-state index contributed by atoms with van der Waals surface area (Å²) in [5.41, 5.74) is 0. The lowest BCUT2D eigenvalue weighted by Gasteiger charge is -2.07. The van der Waals surface area contributed by atoms with E-state index >= 15 is 0 Å². The zero-order chi connectivity index (χ0) is 12.9. The Hall–Kier alpha value is -0.100.